The van der Waals surface area contributed by atoms with Crippen LogP contribution in [0.2, 0.25) is 0 Å². The second-order valence-corrected chi connectivity index (χ2v) is 6.56. The van der Waals surface area contributed by atoms with Crippen LogP contribution in [0, 0.1) is 5.92 Å². The molecule has 1 amide bonds. The summed E-state index contributed by atoms with van der Waals surface area (Å²) in [5.74, 6) is 1.88. The van der Waals surface area contributed by atoms with Gasteiger partial charge in [-0.2, -0.15) is 0 Å². The van der Waals surface area contributed by atoms with E-state index in [9.17, 15) is 4.79 Å². The van der Waals surface area contributed by atoms with Crippen molar-refractivity contribution in [3.8, 4) is 11.5 Å². The molecule has 1 aromatic rings. The van der Waals surface area contributed by atoms with Gasteiger partial charge in [0.15, 0.2) is 11.5 Å². The third-order valence-corrected chi connectivity index (χ3v) is 4.97. The monoisotopic (exact) mass is 354 g/mol. The molecule has 0 radical (unpaired) electrons. The first-order chi connectivity index (χ1) is 11.2. The van der Waals surface area contributed by atoms with Crippen molar-refractivity contribution in [2.45, 2.75) is 44.2 Å². The van der Waals surface area contributed by atoms with Crippen molar-refractivity contribution in [2.75, 3.05) is 20.2 Å². The summed E-state index contributed by atoms with van der Waals surface area (Å²) >= 11 is 0. The summed E-state index contributed by atoms with van der Waals surface area (Å²) in [6.07, 6.45) is 5.87. The summed E-state index contributed by atoms with van der Waals surface area (Å²) in [6.45, 7) is 1.22. The van der Waals surface area contributed by atoms with E-state index in [0.717, 1.165) is 24.3 Å². The Kier molecular flexibility index (Phi) is 6.75. The fourth-order valence-corrected chi connectivity index (χ4v) is 3.49. The highest BCUT2D eigenvalue weighted by molar-refractivity contribution is 5.85. The van der Waals surface area contributed by atoms with E-state index in [2.05, 4.69) is 0 Å². The van der Waals surface area contributed by atoms with Crippen molar-refractivity contribution in [3.05, 3.63) is 24.3 Å². The number of rotatable bonds is 5. The molecule has 3 rings (SSSR count). The van der Waals surface area contributed by atoms with Crippen molar-refractivity contribution in [1.82, 2.24) is 4.90 Å². The molecule has 134 valence electrons. The molecule has 1 aliphatic heterocycles. The third-order valence-electron chi connectivity index (χ3n) is 4.97. The van der Waals surface area contributed by atoms with E-state index < -0.39 is 0 Å². The maximum absolute atomic E-state index is 12.5. The van der Waals surface area contributed by atoms with E-state index in [4.69, 9.17) is 15.2 Å². The number of likely N-dealkylation sites (tertiary alicyclic amines) is 1. The molecular formula is C18H27ClN2O3. The first-order valence-electron chi connectivity index (χ1n) is 8.53. The Hall–Kier alpha value is -1.46. The fraction of sp³-hybridized carbons (Fsp3) is 0.611. The molecule has 1 heterocycles. The Morgan fingerprint density at radius 3 is 2.42 bits per heavy atom. The van der Waals surface area contributed by atoms with E-state index in [0.29, 0.717) is 19.0 Å². The van der Waals surface area contributed by atoms with E-state index in [-0.39, 0.29) is 30.5 Å². The highest BCUT2D eigenvalue weighted by Crippen LogP contribution is 2.30. The van der Waals surface area contributed by atoms with Gasteiger partial charge in [0.1, 0.15) is 6.10 Å². The molecule has 1 saturated carbocycles. The minimum Gasteiger partial charge on any atom is -0.493 e. The molecule has 5 nitrogen and oxygen atoms in total. The van der Waals surface area contributed by atoms with Crippen LogP contribution < -0.4 is 15.2 Å². The van der Waals surface area contributed by atoms with E-state index >= 15 is 0 Å². The van der Waals surface area contributed by atoms with E-state index in [1.165, 1.54) is 19.3 Å². The average Bonchev–Trinajstić information content (AvgIpc) is 2.57. The molecule has 1 saturated heterocycles. The number of ether oxygens (including phenoxy) is 2. The van der Waals surface area contributed by atoms with Gasteiger partial charge in [-0.25, -0.2) is 0 Å². The Labute approximate surface area is 149 Å². The summed E-state index contributed by atoms with van der Waals surface area (Å²) in [4.78, 5) is 14.3. The van der Waals surface area contributed by atoms with Crippen molar-refractivity contribution >= 4 is 18.3 Å². The second-order valence-electron chi connectivity index (χ2n) is 6.56. The van der Waals surface area contributed by atoms with E-state index in [1.54, 1.807) is 7.11 Å². The largest absolute Gasteiger partial charge is 0.493 e. The highest BCUT2D eigenvalue weighted by atomic mass is 35.5. The number of halogens is 1. The zero-order valence-corrected chi connectivity index (χ0v) is 15.0. The summed E-state index contributed by atoms with van der Waals surface area (Å²) in [7, 11) is 1.63. The minimum absolute atomic E-state index is 0. The SMILES string of the molecule is COc1ccccc1OC1CN(C(=O)[C@@H](N)C2CCCCC2)C1.Cl. The standard InChI is InChI=1S/C18H26N2O3.ClH/c1-22-15-9-5-6-10-16(15)23-14-11-20(12-14)18(21)17(19)13-7-3-2-4-8-13;/h5-6,9-10,13-14,17H,2-4,7-8,11-12,19H2,1H3;1H/t17-;/m0./s1. The molecule has 0 unspecified atom stereocenters. The second kappa shape index (κ2) is 8.58. The van der Waals surface area contributed by atoms with Crippen LogP contribution >= 0.6 is 12.4 Å². The average molecular weight is 355 g/mol. The van der Waals surface area contributed by atoms with Gasteiger partial charge in [-0.3, -0.25) is 4.79 Å². The number of benzene rings is 1. The number of para-hydroxylation sites is 2. The van der Waals surface area contributed by atoms with Gasteiger partial charge in [0.25, 0.3) is 0 Å². The first kappa shape index (κ1) is 18.9. The predicted octanol–water partition coefficient (Wildman–Crippen LogP) is 2.61. The first-order valence-corrected chi connectivity index (χ1v) is 8.53. The smallest absolute Gasteiger partial charge is 0.240 e. The van der Waals surface area contributed by atoms with Crippen molar-refractivity contribution < 1.29 is 14.3 Å². The summed E-state index contributed by atoms with van der Waals surface area (Å²) < 4.78 is 11.2. The number of amides is 1. The number of nitrogens with zero attached hydrogens (tertiary/aromatic N) is 1. The lowest BCUT2D eigenvalue weighted by molar-refractivity contribution is -0.143. The third kappa shape index (κ3) is 4.14. The lowest BCUT2D eigenvalue weighted by Gasteiger charge is -2.41. The molecule has 0 spiro atoms. The van der Waals surface area contributed by atoms with Gasteiger partial charge >= 0.3 is 0 Å². The topological polar surface area (TPSA) is 64.8 Å². The number of carbonyl (C=O) groups is 1. The van der Waals surface area contributed by atoms with Crippen LogP contribution in [0.25, 0.3) is 0 Å². The number of nitrogens with two attached hydrogens (primary N) is 1. The van der Waals surface area contributed by atoms with Crippen molar-refractivity contribution in [1.29, 1.82) is 0 Å². The molecule has 2 aliphatic rings. The van der Waals surface area contributed by atoms with Crippen LogP contribution in [-0.2, 0) is 4.79 Å². The maximum atomic E-state index is 12.5. The molecule has 1 atom stereocenters. The molecule has 0 bridgehead atoms. The molecule has 1 aromatic carbocycles. The van der Waals surface area contributed by atoms with E-state index in [1.807, 2.05) is 29.2 Å². The van der Waals surface area contributed by atoms with Gasteiger partial charge in [-0.15, -0.1) is 12.4 Å². The Morgan fingerprint density at radius 2 is 1.79 bits per heavy atom. The molecular weight excluding hydrogens is 328 g/mol. The van der Waals surface area contributed by atoms with Gasteiger partial charge in [0.05, 0.1) is 26.2 Å². The van der Waals surface area contributed by atoms with Gasteiger partial charge in [-0.05, 0) is 30.9 Å². The molecule has 2 fully saturated rings. The number of methoxy groups -OCH3 is 1. The van der Waals surface area contributed by atoms with Gasteiger partial charge < -0.3 is 20.1 Å². The van der Waals surface area contributed by atoms with Gasteiger partial charge in [0.2, 0.25) is 5.91 Å². The summed E-state index contributed by atoms with van der Waals surface area (Å²) in [5.41, 5.74) is 6.19. The Morgan fingerprint density at radius 1 is 1.17 bits per heavy atom. The van der Waals surface area contributed by atoms with Crippen LogP contribution in [0.1, 0.15) is 32.1 Å². The molecule has 24 heavy (non-hydrogen) atoms. The number of hydrogen-bond donors (Lipinski definition) is 1. The molecule has 2 N–H and O–H groups in total. The number of hydrogen-bond acceptors (Lipinski definition) is 4. The maximum Gasteiger partial charge on any atom is 0.240 e. The van der Waals surface area contributed by atoms with Crippen LogP contribution in [0.5, 0.6) is 11.5 Å². The quantitative estimate of drug-likeness (QED) is 0.882. The lowest BCUT2D eigenvalue weighted by atomic mass is 9.83. The van der Waals surface area contributed by atoms with Crippen LogP contribution in [0.15, 0.2) is 24.3 Å². The van der Waals surface area contributed by atoms with Gasteiger partial charge in [-0.1, -0.05) is 31.4 Å². The van der Waals surface area contributed by atoms with Crippen LogP contribution in [-0.4, -0.2) is 43.2 Å². The van der Waals surface area contributed by atoms with Crippen molar-refractivity contribution in [2.24, 2.45) is 11.7 Å². The lowest BCUT2D eigenvalue weighted by Crippen LogP contribution is -2.61. The van der Waals surface area contributed by atoms with Crippen molar-refractivity contribution in [3.63, 3.8) is 0 Å². The minimum atomic E-state index is -0.345. The van der Waals surface area contributed by atoms with Crippen LogP contribution in [0.3, 0.4) is 0 Å². The zero-order chi connectivity index (χ0) is 16.2. The van der Waals surface area contributed by atoms with Crippen LogP contribution in [0.4, 0.5) is 0 Å². The normalized spacial score (nSPS) is 19.8. The molecule has 0 aromatic heterocycles. The number of carbonyl (C=O) groups excluding carboxylic acids is 1. The molecule has 1 aliphatic carbocycles. The molecule has 6 heteroatoms. The predicted molar refractivity (Wildman–Crippen MR) is 95.8 cm³/mol. The summed E-state index contributed by atoms with van der Waals surface area (Å²) in [6, 6.07) is 7.24. The summed E-state index contributed by atoms with van der Waals surface area (Å²) in [5, 5.41) is 0. The zero-order valence-electron chi connectivity index (χ0n) is 14.1. The van der Waals surface area contributed by atoms with Gasteiger partial charge in [0, 0.05) is 0 Å². The highest BCUT2D eigenvalue weighted by Gasteiger charge is 2.37. The fourth-order valence-electron chi connectivity index (χ4n) is 3.49. The Bertz CT molecular complexity index is 543. The Balaban J connectivity index is 0.00000208.